The Balaban J connectivity index is 1.36. The Morgan fingerprint density at radius 3 is 1.47 bits per heavy atom. The van der Waals surface area contributed by atoms with Crippen LogP contribution in [0.5, 0.6) is 0 Å². The van der Waals surface area contributed by atoms with Crippen LogP contribution in [0.25, 0.3) is 111 Å². The van der Waals surface area contributed by atoms with Crippen LogP contribution in [-0.2, 0) is 6.18 Å². The van der Waals surface area contributed by atoms with Crippen LogP contribution in [0.2, 0.25) is 0 Å². The van der Waals surface area contributed by atoms with Crippen LogP contribution < -0.4 is 0 Å². The van der Waals surface area contributed by atoms with Gasteiger partial charge >= 0.3 is 6.18 Å². The van der Waals surface area contributed by atoms with Gasteiger partial charge in [-0.25, -0.2) is 4.85 Å². The molecule has 4 heterocycles. The predicted molar refractivity (Wildman–Crippen MR) is 242 cm³/mol. The van der Waals surface area contributed by atoms with Crippen molar-refractivity contribution in [3.63, 3.8) is 0 Å². The molecule has 4 aromatic heterocycles. The summed E-state index contributed by atoms with van der Waals surface area (Å²) in [6.45, 7) is 8.36. The summed E-state index contributed by atoms with van der Waals surface area (Å²) in [6, 6.07) is 50.1. The van der Waals surface area contributed by atoms with E-state index in [-0.39, 0.29) is 22.4 Å². The summed E-state index contributed by atoms with van der Waals surface area (Å²) in [6.07, 6.45) is -4.82. The van der Waals surface area contributed by atoms with Crippen molar-refractivity contribution in [1.29, 1.82) is 5.26 Å². The molecule has 0 aliphatic carbocycles. The van der Waals surface area contributed by atoms with Crippen molar-refractivity contribution in [3.05, 3.63) is 174 Å². The first kappa shape index (κ1) is 34.6. The van der Waals surface area contributed by atoms with Crippen molar-refractivity contribution in [2.45, 2.75) is 6.18 Å². The fourth-order valence-electron chi connectivity index (χ4n) is 9.38. The van der Waals surface area contributed by atoms with Gasteiger partial charge in [-0.15, -0.1) is 22.7 Å². The highest BCUT2D eigenvalue weighted by atomic mass is 32.1. The summed E-state index contributed by atoms with van der Waals surface area (Å²) >= 11 is 3.27. The smallest absolute Gasteiger partial charge is 0.307 e. The first-order valence-corrected chi connectivity index (χ1v) is 20.8. The van der Waals surface area contributed by atoms with Gasteiger partial charge in [-0.2, -0.15) is 18.4 Å². The standard InChI is InChI=1S/C51H25F3N4S2/c1-56-38-16-10-15-37(51(52,53)54)45(38)46-41(57-39-17-6-2-11-29(39)33-21-23-35-31-13-4-8-19-43(31)59-49(35)47(33)57)25-28(27-55)26-42(46)58-40-18-7-3-12-30(40)34-22-24-36-32-14-5-9-20-44(32)60-50(36)48(34)58/h2-26H. The first-order chi connectivity index (χ1) is 29.3. The number of aromatic nitrogens is 2. The number of hydrogen-bond donors (Lipinski definition) is 0. The number of thiophene rings is 2. The molecule has 0 bridgehead atoms. The number of fused-ring (bicyclic) bond motifs is 14. The van der Waals surface area contributed by atoms with Gasteiger partial charge in [0.1, 0.15) is 0 Å². The molecule has 282 valence electrons. The van der Waals surface area contributed by atoms with Crippen LogP contribution in [0.4, 0.5) is 18.9 Å². The van der Waals surface area contributed by atoms with Crippen LogP contribution in [0.15, 0.2) is 152 Å². The highest BCUT2D eigenvalue weighted by Gasteiger charge is 2.37. The number of benzene rings is 8. The van der Waals surface area contributed by atoms with E-state index in [9.17, 15) is 5.26 Å². The van der Waals surface area contributed by atoms with Gasteiger partial charge in [-0.1, -0.05) is 115 Å². The Bertz CT molecular complexity index is 3710. The lowest BCUT2D eigenvalue weighted by Crippen LogP contribution is -2.11. The number of rotatable bonds is 3. The third-order valence-electron chi connectivity index (χ3n) is 11.8. The summed E-state index contributed by atoms with van der Waals surface area (Å²) in [4.78, 5) is 3.79. The normalized spacial score (nSPS) is 12.2. The molecule has 0 saturated carbocycles. The molecule has 60 heavy (non-hydrogen) atoms. The van der Waals surface area contributed by atoms with Crippen molar-refractivity contribution < 1.29 is 13.2 Å². The Hall–Kier alpha value is -7.43. The number of nitriles is 1. The molecule has 12 aromatic rings. The molecule has 0 atom stereocenters. The average Bonchev–Trinajstić information content (AvgIpc) is 4.03. The Labute approximate surface area is 347 Å². The van der Waals surface area contributed by atoms with E-state index in [2.05, 4.69) is 59.4 Å². The Morgan fingerprint density at radius 2 is 0.983 bits per heavy atom. The molecule has 8 aromatic carbocycles. The van der Waals surface area contributed by atoms with Gasteiger partial charge < -0.3 is 9.13 Å². The van der Waals surface area contributed by atoms with E-state index in [1.54, 1.807) is 34.8 Å². The lowest BCUT2D eigenvalue weighted by molar-refractivity contribution is -0.137. The molecule has 0 amide bonds. The second kappa shape index (κ2) is 12.5. The highest BCUT2D eigenvalue weighted by Crippen LogP contribution is 2.52. The van der Waals surface area contributed by atoms with Gasteiger partial charge in [-0.3, -0.25) is 0 Å². The fraction of sp³-hybridized carbons (Fsp3) is 0.0196. The van der Waals surface area contributed by atoms with E-state index in [1.807, 2.05) is 81.9 Å². The van der Waals surface area contributed by atoms with Crippen molar-refractivity contribution in [2.24, 2.45) is 0 Å². The van der Waals surface area contributed by atoms with Gasteiger partial charge in [0.25, 0.3) is 0 Å². The average molecular weight is 815 g/mol. The molecule has 4 nitrogen and oxygen atoms in total. The maximum Gasteiger partial charge on any atom is 0.415 e. The lowest BCUT2D eigenvalue weighted by atomic mass is 9.92. The molecule has 0 spiro atoms. The maximum atomic E-state index is 15.6. The summed E-state index contributed by atoms with van der Waals surface area (Å²) in [5.41, 5.74) is 3.08. The van der Waals surface area contributed by atoms with Crippen molar-refractivity contribution in [1.82, 2.24) is 9.13 Å². The monoisotopic (exact) mass is 814 g/mol. The minimum absolute atomic E-state index is 0.141. The zero-order chi connectivity index (χ0) is 40.4. The third-order valence-corrected chi connectivity index (χ3v) is 14.2. The Morgan fingerprint density at radius 1 is 0.517 bits per heavy atom. The van der Waals surface area contributed by atoms with E-state index in [0.29, 0.717) is 11.4 Å². The number of hydrogen-bond acceptors (Lipinski definition) is 3. The minimum atomic E-state index is -4.82. The van der Waals surface area contributed by atoms with E-state index >= 15 is 13.2 Å². The van der Waals surface area contributed by atoms with Crippen molar-refractivity contribution >= 4 is 112 Å². The largest absolute Gasteiger partial charge is 0.415 e. The molecule has 12 rings (SSSR count). The molecule has 0 N–H and O–H groups in total. The number of halogens is 3. The van der Waals surface area contributed by atoms with E-state index in [1.165, 1.54) is 12.1 Å². The number of para-hydroxylation sites is 2. The molecular weight excluding hydrogens is 790 g/mol. The van der Waals surface area contributed by atoms with E-state index in [0.717, 1.165) is 90.0 Å². The van der Waals surface area contributed by atoms with Gasteiger partial charge in [0, 0.05) is 63.6 Å². The molecule has 9 heteroatoms. The fourth-order valence-corrected chi connectivity index (χ4v) is 11.9. The van der Waals surface area contributed by atoms with Crippen molar-refractivity contribution in [2.75, 3.05) is 0 Å². The Kier molecular flexibility index (Phi) is 7.23. The van der Waals surface area contributed by atoms with Crippen LogP contribution >= 0.6 is 22.7 Å². The molecule has 0 fully saturated rings. The van der Waals surface area contributed by atoms with Crippen LogP contribution in [-0.4, -0.2) is 9.13 Å². The van der Waals surface area contributed by atoms with Gasteiger partial charge in [0.2, 0.25) is 0 Å². The van der Waals surface area contributed by atoms with E-state index in [4.69, 9.17) is 6.57 Å². The molecule has 0 saturated heterocycles. The first-order valence-electron chi connectivity index (χ1n) is 19.2. The zero-order valence-corrected chi connectivity index (χ0v) is 32.8. The lowest BCUT2D eigenvalue weighted by Gasteiger charge is -2.24. The van der Waals surface area contributed by atoms with Crippen LogP contribution in [0, 0.1) is 17.9 Å². The summed E-state index contributed by atoms with van der Waals surface area (Å²) in [7, 11) is 0. The van der Waals surface area contributed by atoms with Crippen LogP contribution in [0.3, 0.4) is 0 Å². The minimum Gasteiger partial charge on any atom is -0.307 e. The zero-order valence-electron chi connectivity index (χ0n) is 31.2. The highest BCUT2D eigenvalue weighted by molar-refractivity contribution is 7.27. The maximum absolute atomic E-state index is 15.6. The van der Waals surface area contributed by atoms with Gasteiger partial charge in [0.05, 0.1) is 66.6 Å². The molecule has 0 aliphatic rings. The quantitative estimate of drug-likeness (QED) is 0.164. The summed E-state index contributed by atoms with van der Waals surface area (Å²) in [5, 5.41) is 18.8. The number of nitrogens with zero attached hydrogens (tertiary/aromatic N) is 4. The van der Waals surface area contributed by atoms with Crippen molar-refractivity contribution in [3.8, 4) is 28.6 Å². The number of alkyl halides is 3. The summed E-state index contributed by atoms with van der Waals surface area (Å²) in [5.74, 6) is 0. The molecule has 0 radical (unpaired) electrons. The van der Waals surface area contributed by atoms with Gasteiger partial charge in [0.15, 0.2) is 5.69 Å². The molecular formula is C51H25F3N4S2. The summed E-state index contributed by atoms with van der Waals surface area (Å²) < 4.78 is 55.1. The second-order valence-corrected chi connectivity index (χ2v) is 17.0. The van der Waals surface area contributed by atoms with Gasteiger partial charge in [-0.05, 0) is 36.4 Å². The molecule has 0 unspecified atom stereocenters. The molecule has 0 aliphatic heterocycles. The second-order valence-electron chi connectivity index (χ2n) is 14.9. The topological polar surface area (TPSA) is 38.0 Å². The predicted octanol–water partition coefficient (Wildman–Crippen LogP) is 15.7. The van der Waals surface area contributed by atoms with E-state index < -0.39 is 11.7 Å². The third kappa shape index (κ3) is 4.70. The SMILES string of the molecule is [C-]#[N+]c1cccc(C(F)(F)F)c1-c1c(-n2c3ccccc3c3ccc4c5ccccc5sc4c32)cc(C#N)cc1-n1c2ccccc2c2ccc3c4ccccc4sc3c21. The van der Waals surface area contributed by atoms with Crippen LogP contribution in [0.1, 0.15) is 11.1 Å².